The van der Waals surface area contributed by atoms with Crippen molar-refractivity contribution in [2.24, 2.45) is 11.8 Å². The predicted molar refractivity (Wildman–Crippen MR) is 164 cm³/mol. The van der Waals surface area contributed by atoms with Gasteiger partial charge in [0.25, 0.3) is 5.91 Å². The van der Waals surface area contributed by atoms with Crippen LogP contribution in [0.2, 0.25) is 0 Å². The fraction of sp³-hybridized carbons (Fsp3) is 0.343. The van der Waals surface area contributed by atoms with Crippen molar-refractivity contribution in [1.29, 1.82) is 0 Å². The molecule has 3 amide bonds. The Hall–Kier alpha value is -4.40. The first-order valence-electron chi connectivity index (χ1n) is 15.0. The normalized spacial score (nSPS) is 18.0. The number of alkyl halides is 3. The van der Waals surface area contributed by atoms with E-state index < -0.39 is 11.7 Å². The summed E-state index contributed by atoms with van der Waals surface area (Å²) >= 11 is 0. The molecule has 0 radical (unpaired) electrons. The van der Waals surface area contributed by atoms with Crippen molar-refractivity contribution in [3.8, 4) is 11.1 Å². The van der Waals surface area contributed by atoms with Crippen LogP contribution in [-0.2, 0) is 28.7 Å². The molecule has 44 heavy (non-hydrogen) atoms. The second kappa shape index (κ2) is 13.1. The monoisotopic (exact) mass is 603 g/mol. The highest BCUT2D eigenvalue weighted by Gasteiger charge is 2.38. The quantitative estimate of drug-likeness (QED) is 0.297. The van der Waals surface area contributed by atoms with Gasteiger partial charge in [-0.1, -0.05) is 48.6 Å². The van der Waals surface area contributed by atoms with Crippen molar-refractivity contribution in [3.63, 3.8) is 0 Å². The summed E-state index contributed by atoms with van der Waals surface area (Å²) in [6, 6.07) is 17.2. The zero-order valence-electron chi connectivity index (χ0n) is 24.9. The van der Waals surface area contributed by atoms with E-state index in [0.717, 1.165) is 23.3 Å². The van der Waals surface area contributed by atoms with Gasteiger partial charge in [0.05, 0.1) is 17.4 Å². The molecular weight excluding hydrogens is 567 g/mol. The predicted octanol–water partition coefficient (Wildman–Crippen LogP) is 6.96. The van der Waals surface area contributed by atoms with Crippen LogP contribution in [0.4, 0.5) is 18.9 Å². The van der Waals surface area contributed by atoms with Crippen LogP contribution in [0.1, 0.15) is 53.7 Å². The van der Waals surface area contributed by atoms with E-state index in [2.05, 4.69) is 5.32 Å². The fourth-order valence-electron chi connectivity index (χ4n) is 6.15. The maximum atomic E-state index is 13.7. The van der Waals surface area contributed by atoms with E-state index in [1.165, 1.54) is 12.1 Å². The lowest BCUT2D eigenvalue weighted by atomic mass is 9.80. The summed E-state index contributed by atoms with van der Waals surface area (Å²) < 4.78 is 39.1. The van der Waals surface area contributed by atoms with Crippen molar-refractivity contribution in [1.82, 2.24) is 9.80 Å². The van der Waals surface area contributed by atoms with Gasteiger partial charge in [-0.25, -0.2) is 0 Å². The molecule has 0 bridgehead atoms. The van der Waals surface area contributed by atoms with Gasteiger partial charge in [0.15, 0.2) is 0 Å². The Morgan fingerprint density at radius 2 is 1.57 bits per heavy atom. The smallest absolute Gasteiger partial charge is 0.343 e. The second-order valence-corrected chi connectivity index (χ2v) is 11.2. The number of allylic oxidation sites excluding steroid dienone is 2. The first-order valence-corrected chi connectivity index (χ1v) is 15.0. The van der Waals surface area contributed by atoms with Crippen LogP contribution in [0.25, 0.3) is 11.1 Å². The minimum Gasteiger partial charge on any atom is -0.343 e. The summed E-state index contributed by atoms with van der Waals surface area (Å²) in [5, 5.41) is 2.93. The molecule has 1 aliphatic heterocycles. The molecule has 2 unspecified atom stereocenters. The van der Waals surface area contributed by atoms with Crippen molar-refractivity contribution >= 4 is 23.4 Å². The molecule has 3 aromatic rings. The molecule has 9 heteroatoms. The summed E-state index contributed by atoms with van der Waals surface area (Å²) in [5.41, 5.74) is 3.25. The molecule has 3 aromatic carbocycles. The molecule has 2 aliphatic rings. The number of fused-ring (bicyclic) bond motifs is 1. The number of benzene rings is 3. The van der Waals surface area contributed by atoms with Crippen molar-refractivity contribution in [2.75, 3.05) is 25.0 Å². The van der Waals surface area contributed by atoms with Crippen molar-refractivity contribution < 1.29 is 27.6 Å². The van der Waals surface area contributed by atoms with Crippen LogP contribution >= 0.6 is 0 Å². The summed E-state index contributed by atoms with van der Waals surface area (Å²) in [7, 11) is 0. The third-order valence-corrected chi connectivity index (χ3v) is 8.62. The number of amides is 3. The van der Waals surface area contributed by atoms with Crippen LogP contribution < -0.4 is 5.32 Å². The van der Waals surface area contributed by atoms with Gasteiger partial charge < -0.3 is 15.1 Å². The Kier molecular flexibility index (Phi) is 9.22. The third-order valence-electron chi connectivity index (χ3n) is 8.62. The van der Waals surface area contributed by atoms with Gasteiger partial charge in [-0.2, -0.15) is 13.2 Å². The van der Waals surface area contributed by atoms with Crippen molar-refractivity contribution in [2.45, 2.75) is 45.8 Å². The molecule has 1 N–H and O–H groups in total. The van der Waals surface area contributed by atoms with Crippen LogP contribution in [0, 0.1) is 11.8 Å². The van der Waals surface area contributed by atoms with E-state index in [-0.39, 0.29) is 29.6 Å². The van der Waals surface area contributed by atoms with E-state index >= 15 is 0 Å². The lowest BCUT2D eigenvalue weighted by Gasteiger charge is -2.36. The van der Waals surface area contributed by atoms with E-state index in [1.807, 2.05) is 43.0 Å². The largest absolute Gasteiger partial charge is 0.416 e. The zero-order valence-corrected chi connectivity index (χ0v) is 24.9. The van der Waals surface area contributed by atoms with Gasteiger partial charge in [0.2, 0.25) is 11.8 Å². The molecule has 0 aromatic heterocycles. The number of carbonyl (C=O) groups excluding carboxylic acids is 3. The van der Waals surface area contributed by atoms with E-state index in [9.17, 15) is 27.6 Å². The third kappa shape index (κ3) is 6.56. The Morgan fingerprint density at radius 1 is 0.886 bits per heavy atom. The number of halogens is 3. The van der Waals surface area contributed by atoms with Gasteiger partial charge in [0, 0.05) is 37.4 Å². The minimum absolute atomic E-state index is 0.00255. The maximum absolute atomic E-state index is 13.7. The van der Waals surface area contributed by atoms with Crippen LogP contribution in [0.3, 0.4) is 0 Å². The molecule has 0 saturated heterocycles. The van der Waals surface area contributed by atoms with E-state index in [4.69, 9.17) is 0 Å². The maximum Gasteiger partial charge on any atom is 0.416 e. The number of hydrogen-bond acceptors (Lipinski definition) is 3. The molecular formula is C35H36F3N3O3. The second-order valence-electron chi connectivity index (χ2n) is 11.2. The molecule has 6 nitrogen and oxygen atoms in total. The molecule has 0 fully saturated rings. The average molecular weight is 604 g/mol. The number of rotatable bonds is 7. The Balaban J connectivity index is 1.28. The van der Waals surface area contributed by atoms with Crippen LogP contribution in [-0.4, -0.2) is 47.2 Å². The summed E-state index contributed by atoms with van der Waals surface area (Å²) in [6.45, 7) is 6.10. The molecule has 0 spiro atoms. The topological polar surface area (TPSA) is 69.7 Å². The van der Waals surface area contributed by atoms with Crippen molar-refractivity contribution in [3.05, 3.63) is 101 Å². The number of nitrogens with zero attached hydrogens (tertiary/aromatic N) is 2. The standard InChI is InChI=1S/C35H36F3N3O3/c1-3-40(4-2)33(43)30-11-7-8-12-31(30)34(44)41-20-19-24-21-27(18-15-25(24)22-41)39-32(42)29-10-6-5-9-28(29)23-13-16-26(17-14-23)35(36,37)38/h5-10,13-18,21,30-31H,3-4,11-12,19-20,22H2,1-2H3,(H,39,42). The number of anilines is 1. The SMILES string of the molecule is CCN(CC)C(=O)C1CC=CCC1C(=O)N1CCc2cc(NC(=O)c3ccccc3-c3ccc(C(F)(F)F)cc3)ccc2C1. The Bertz CT molecular complexity index is 1560. The van der Waals surface area contributed by atoms with E-state index in [1.54, 1.807) is 35.2 Å². The summed E-state index contributed by atoms with van der Waals surface area (Å²) in [5.74, 6) is -1.06. The molecule has 1 aliphatic carbocycles. The molecule has 2 atom stereocenters. The first-order chi connectivity index (χ1) is 21.1. The number of nitrogens with one attached hydrogen (secondary N) is 1. The Labute approximate surface area is 255 Å². The number of carbonyl (C=O) groups is 3. The lowest BCUT2D eigenvalue weighted by Crippen LogP contribution is -2.47. The van der Waals surface area contributed by atoms with Crippen LogP contribution in [0.5, 0.6) is 0 Å². The average Bonchev–Trinajstić information content (AvgIpc) is 3.04. The van der Waals surface area contributed by atoms with Gasteiger partial charge >= 0.3 is 6.18 Å². The van der Waals surface area contributed by atoms with Gasteiger partial charge in [-0.05, 0) is 85.7 Å². The lowest BCUT2D eigenvalue weighted by molar-refractivity contribution is -0.147. The Morgan fingerprint density at radius 3 is 2.25 bits per heavy atom. The molecule has 1 heterocycles. The van der Waals surface area contributed by atoms with Gasteiger partial charge in [0.1, 0.15) is 0 Å². The number of hydrogen-bond donors (Lipinski definition) is 1. The zero-order chi connectivity index (χ0) is 31.4. The fourth-order valence-corrected chi connectivity index (χ4v) is 6.15. The van der Waals surface area contributed by atoms with E-state index in [0.29, 0.717) is 67.8 Å². The highest BCUT2D eigenvalue weighted by molar-refractivity contribution is 6.08. The minimum atomic E-state index is -4.44. The van der Waals surface area contributed by atoms with Gasteiger partial charge in [-0.15, -0.1) is 0 Å². The molecule has 0 saturated carbocycles. The first kappa shape index (κ1) is 31.0. The van der Waals surface area contributed by atoms with Gasteiger partial charge in [-0.3, -0.25) is 14.4 Å². The summed E-state index contributed by atoms with van der Waals surface area (Å²) in [4.78, 5) is 43.8. The highest BCUT2D eigenvalue weighted by atomic mass is 19.4. The molecule has 230 valence electrons. The summed E-state index contributed by atoms with van der Waals surface area (Å²) in [6.07, 6.45) is 1.30. The molecule has 5 rings (SSSR count). The van der Waals surface area contributed by atoms with Crippen LogP contribution in [0.15, 0.2) is 78.9 Å². The highest BCUT2D eigenvalue weighted by Crippen LogP contribution is 2.34.